The Morgan fingerprint density at radius 3 is 2.75 bits per heavy atom. The third-order valence-electron chi connectivity index (χ3n) is 3.47. The van der Waals surface area contributed by atoms with Crippen LogP contribution in [0, 0.1) is 12.7 Å². The molecular formula is C17H14ClFS. The van der Waals surface area contributed by atoms with Gasteiger partial charge in [0, 0.05) is 9.58 Å². The molecule has 3 aromatic rings. The maximum atomic E-state index is 13.2. The minimum atomic E-state index is -0.198. The average Bonchev–Trinajstić information content (AvgIpc) is 2.84. The molecule has 0 aliphatic heterocycles. The molecule has 1 aromatic heterocycles. The highest BCUT2D eigenvalue weighted by molar-refractivity contribution is 7.19. The largest absolute Gasteiger partial charge is 0.207 e. The molecule has 0 nitrogen and oxygen atoms in total. The molecule has 102 valence electrons. The quantitative estimate of drug-likeness (QED) is 0.531. The van der Waals surface area contributed by atoms with Gasteiger partial charge in [0.1, 0.15) is 5.82 Å². The molecule has 0 spiro atoms. The van der Waals surface area contributed by atoms with Crippen LogP contribution in [0.2, 0.25) is 0 Å². The van der Waals surface area contributed by atoms with Gasteiger partial charge in [0.25, 0.3) is 0 Å². The lowest BCUT2D eigenvalue weighted by atomic mass is 10.0. The first-order chi connectivity index (χ1) is 9.63. The Morgan fingerprint density at radius 2 is 1.95 bits per heavy atom. The van der Waals surface area contributed by atoms with Crippen LogP contribution in [0.3, 0.4) is 0 Å². The number of benzene rings is 2. The molecule has 20 heavy (non-hydrogen) atoms. The van der Waals surface area contributed by atoms with Crippen molar-refractivity contribution in [1.82, 2.24) is 0 Å². The van der Waals surface area contributed by atoms with Crippen LogP contribution in [0.5, 0.6) is 0 Å². The van der Waals surface area contributed by atoms with E-state index in [1.807, 2.05) is 18.2 Å². The molecule has 3 heteroatoms. The predicted octanol–water partition coefficient (Wildman–Crippen LogP) is 5.87. The smallest absolute Gasteiger partial charge is 0.124 e. The van der Waals surface area contributed by atoms with Crippen LogP contribution in [0.4, 0.5) is 4.39 Å². The average molecular weight is 305 g/mol. The highest BCUT2D eigenvalue weighted by Gasteiger charge is 2.13. The van der Waals surface area contributed by atoms with E-state index in [-0.39, 0.29) is 11.2 Å². The van der Waals surface area contributed by atoms with E-state index in [1.165, 1.54) is 17.2 Å². The molecule has 2 aromatic carbocycles. The summed E-state index contributed by atoms with van der Waals surface area (Å²) in [6.07, 6.45) is 0.795. The second-order valence-electron chi connectivity index (χ2n) is 4.93. The van der Waals surface area contributed by atoms with Crippen LogP contribution in [-0.4, -0.2) is 0 Å². The molecule has 0 bridgehead atoms. The van der Waals surface area contributed by atoms with E-state index in [1.54, 1.807) is 17.4 Å². The summed E-state index contributed by atoms with van der Waals surface area (Å²) in [5.74, 6) is -0.198. The highest BCUT2D eigenvalue weighted by atomic mass is 35.5. The molecule has 1 heterocycles. The lowest BCUT2D eigenvalue weighted by Gasteiger charge is -2.09. The molecule has 0 radical (unpaired) electrons. The number of aryl methyl sites for hydroxylation is 1. The van der Waals surface area contributed by atoms with Crippen LogP contribution in [0.25, 0.3) is 10.1 Å². The topological polar surface area (TPSA) is 0 Å². The number of halogens is 2. The van der Waals surface area contributed by atoms with Gasteiger partial charge >= 0.3 is 0 Å². The van der Waals surface area contributed by atoms with Crippen molar-refractivity contribution in [2.24, 2.45) is 0 Å². The van der Waals surface area contributed by atoms with Gasteiger partial charge in [0.2, 0.25) is 0 Å². The Balaban J connectivity index is 1.89. The Morgan fingerprint density at radius 1 is 1.15 bits per heavy atom. The molecule has 0 aliphatic carbocycles. The first kappa shape index (κ1) is 13.6. The normalized spacial score (nSPS) is 12.8. The van der Waals surface area contributed by atoms with Crippen molar-refractivity contribution in [1.29, 1.82) is 0 Å². The number of alkyl halides is 1. The van der Waals surface area contributed by atoms with Gasteiger partial charge in [-0.25, -0.2) is 4.39 Å². The van der Waals surface area contributed by atoms with E-state index in [9.17, 15) is 4.39 Å². The highest BCUT2D eigenvalue weighted by Crippen LogP contribution is 2.35. The van der Waals surface area contributed by atoms with Crippen molar-refractivity contribution in [3.8, 4) is 0 Å². The molecular weight excluding hydrogens is 291 g/mol. The van der Waals surface area contributed by atoms with E-state index in [0.717, 1.165) is 21.4 Å². The number of fused-ring (bicyclic) bond motifs is 1. The Hall–Kier alpha value is -1.38. The van der Waals surface area contributed by atoms with Crippen LogP contribution >= 0.6 is 22.9 Å². The molecule has 1 atom stereocenters. The lowest BCUT2D eigenvalue weighted by molar-refractivity contribution is 0.630. The van der Waals surface area contributed by atoms with E-state index in [4.69, 9.17) is 11.6 Å². The van der Waals surface area contributed by atoms with Gasteiger partial charge in [-0.2, -0.15) is 0 Å². The molecule has 0 N–H and O–H groups in total. The van der Waals surface area contributed by atoms with Gasteiger partial charge in [-0.05, 0) is 48.1 Å². The summed E-state index contributed by atoms with van der Waals surface area (Å²) < 4.78 is 14.2. The molecule has 0 saturated carbocycles. The van der Waals surface area contributed by atoms with Crippen molar-refractivity contribution in [3.63, 3.8) is 0 Å². The Bertz CT molecular complexity index is 748. The maximum absolute atomic E-state index is 13.2. The molecule has 0 fully saturated rings. The van der Waals surface area contributed by atoms with Crippen molar-refractivity contribution in [2.45, 2.75) is 18.7 Å². The van der Waals surface area contributed by atoms with E-state index >= 15 is 0 Å². The second-order valence-corrected chi connectivity index (χ2v) is 6.57. The van der Waals surface area contributed by atoms with Gasteiger partial charge in [0.15, 0.2) is 0 Å². The summed E-state index contributed by atoms with van der Waals surface area (Å²) in [7, 11) is 0. The Labute approximate surface area is 126 Å². The molecule has 0 aliphatic rings. The summed E-state index contributed by atoms with van der Waals surface area (Å²) in [5.41, 5.74) is 2.52. The summed E-state index contributed by atoms with van der Waals surface area (Å²) in [6, 6.07) is 15.2. The zero-order valence-corrected chi connectivity index (χ0v) is 12.6. The first-order valence-electron chi connectivity index (χ1n) is 6.51. The third-order valence-corrected chi connectivity index (χ3v) is 5.20. The first-order valence-corrected chi connectivity index (χ1v) is 7.76. The van der Waals surface area contributed by atoms with Crippen LogP contribution in [-0.2, 0) is 6.42 Å². The fraction of sp³-hybridized carbons (Fsp3) is 0.176. The Kier molecular flexibility index (Phi) is 3.77. The summed E-state index contributed by atoms with van der Waals surface area (Å²) in [4.78, 5) is 1.09. The number of rotatable bonds is 3. The molecule has 0 saturated heterocycles. The van der Waals surface area contributed by atoms with Gasteiger partial charge in [-0.1, -0.05) is 30.3 Å². The van der Waals surface area contributed by atoms with Crippen LogP contribution in [0.1, 0.15) is 21.4 Å². The van der Waals surface area contributed by atoms with Crippen molar-refractivity contribution in [3.05, 3.63) is 70.4 Å². The summed E-state index contributed by atoms with van der Waals surface area (Å²) in [5, 5.41) is 0.985. The van der Waals surface area contributed by atoms with Gasteiger partial charge < -0.3 is 0 Å². The second kappa shape index (κ2) is 5.55. The minimum absolute atomic E-state index is 0.0726. The third kappa shape index (κ3) is 2.72. The van der Waals surface area contributed by atoms with Crippen molar-refractivity contribution < 1.29 is 4.39 Å². The molecule has 3 rings (SSSR count). The van der Waals surface area contributed by atoms with Gasteiger partial charge in [-0.15, -0.1) is 22.9 Å². The number of hydrogen-bond donors (Lipinski definition) is 0. The van der Waals surface area contributed by atoms with Crippen LogP contribution in [0.15, 0.2) is 48.5 Å². The van der Waals surface area contributed by atoms with Gasteiger partial charge in [-0.3, -0.25) is 0 Å². The van der Waals surface area contributed by atoms with E-state index in [2.05, 4.69) is 25.1 Å². The zero-order valence-electron chi connectivity index (χ0n) is 11.1. The lowest BCUT2D eigenvalue weighted by Crippen LogP contribution is -1.95. The standard InChI is InChI=1S/C17H14ClFS/c1-11-4-2-3-5-12(11)8-15(18)17-9-13-6-7-14(19)10-16(13)20-17/h2-7,9-10,15H,8H2,1H3. The summed E-state index contributed by atoms with van der Waals surface area (Å²) in [6.45, 7) is 2.10. The fourth-order valence-corrected chi connectivity index (χ4v) is 3.74. The fourth-order valence-electron chi connectivity index (χ4n) is 2.31. The monoisotopic (exact) mass is 304 g/mol. The SMILES string of the molecule is Cc1ccccc1CC(Cl)c1cc2ccc(F)cc2s1. The van der Waals surface area contributed by atoms with Gasteiger partial charge in [0.05, 0.1) is 5.38 Å². The zero-order chi connectivity index (χ0) is 14.1. The van der Waals surface area contributed by atoms with E-state index in [0.29, 0.717) is 0 Å². The molecule has 1 unspecified atom stereocenters. The molecule has 0 amide bonds. The minimum Gasteiger partial charge on any atom is -0.207 e. The maximum Gasteiger partial charge on any atom is 0.124 e. The number of thiophene rings is 1. The van der Waals surface area contributed by atoms with Crippen LogP contribution < -0.4 is 0 Å². The predicted molar refractivity (Wildman–Crippen MR) is 85.3 cm³/mol. The summed E-state index contributed by atoms with van der Waals surface area (Å²) >= 11 is 8.11. The van der Waals surface area contributed by atoms with Crippen molar-refractivity contribution >= 4 is 33.0 Å². The van der Waals surface area contributed by atoms with Crippen molar-refractivity contribution in [2.75, 3.05) is 0 Å². The van der Waals surface area contributed by atoms with E-state index < -0.39 is 0 Å². The number of hydrogen-bond acceptors (Lipinski definition) is 1.